The number of rotatable bonds is 8. The van der Waals surface area contributed by atoms with Crippen LogP contribution in [0, 0.1) is 12.3 Å². The lowest BCUT2D eigenvalue weighted by Gasteiger charge is -2.12. The zero-order valence-electron chi connectivity index (χ0n) is 13.4. The molecule has 2 aliphatic heterocycles. The van der Waals surface area contributed by atoms with E-state index in [0.717, 1.165) is 12.8 Å². The van der Waals surface area contributed by atoms with Crippen LogP contribution in [0.25, 0.3) is 0 Å². The van der Waals surface area contributed by atoms with Gasteiger partial charge in [-0.2, -0.15) is 10.2 Å². The topological polar surface area (TPSA) is 85.2 Å². The molecule has 7 heteroatoms. The Labute approximate surface area is 140 Å². The van der Waals surface area contributed by atoms with Gasteiger partial charge in [0.25, 0.3) is 5.91 Å². The van der Waals surface area contributed by atoms with Gasteiger partial charge in [-0.1, -0.05) is 0 Å². The van der Waals surface area contributed by atoms with Gasteiger partial charge in [0.15, 0.2) is 5.66 Å². The van der Waals surface area contributed by atoms with Gasteiger partial charge in [-0.15, -0.1) is 12.3 Å². The van der Waals surface area contributed by atoms with Crippen LogP contribution in [0.4, 0.5) is 0 Å². The van der Waals surface area contributed by atoms with E-state index in [1.54, 1.807) is 18.3 Å². The molecule has 3 heterocycles. The molecule has 1 atom stereocenters. The number of carbonyl (C=O) groups is 1. The van der Waals surface area contributed by atoms with Crippen molar-refractivity contribution < 1.29 is 14.3 Å². The van der Waals surface area contributed by atoms with Crippen LogP contribution >= 0.6 is 0 Å². The number of nitrogens with zero attached hydrogens (tertiary/aromatic N) is 3. The summed E-state index contributed by atoms with van der Waals surface area (Å²) >= 11 is 0. The number of amides is 1. The Balaban J connectivity index is 1.47. The van der Waals surface area contributed by atoms with Crippen LogP contribution in [0.15, 0.2) is 28.6 Å². The van der Waals surface area contributed by atoms with Gasteiger partial charge in [0.05, 0.1) is 13.2 Å². The lowest BCUT2D eigenvalue weighted by Crippen LogP contribution is -2.28. The third kappa shape index (κ3) is 4.30. The Hall–Kier alpha value is -2.46. The molecule has 24 heavy (non-hydrogen) atoms. The van der Waals surface area contributed by atoms with Gasteiger partial charge in [0.2, 0.25) is 5.88 Å². The number of pyridine rings is 1. The third-order valence-corrected chi connectivity index (χ3v) is 4.04. The number of nitrogens with one attached hydrogen (secondary N) is 1. The Morgan fingerprint density at radius 3 is 3.08 bits per heavy atom. The first-order valence-electron chi connectivity index (χ1n) is 8.07. The Bertz CT molecular complexity index is 656. The van der Waals surface area contributed by atoms with Gasteiger partial charge in [0, 0.05) is 50.1 Å². The number of ether oxygens (including phenoxy) is 2. The molecule has 1 N–H and O–H groups in total. The van der Waals surface area contributed by atoms with Crippen molar-refractivity contribution in [2.24, 2.45) is 10.2 Å². The first-order valence-corrected chi connectivity index (χ1v) is 8.07. The maximum absolute atomic E-state index is 12.2. The molecule has 0 bridgehead atoms. The summed E-state index contributed by atoms with van der Waals surface area (Å²) in [7, 11) is 0. The van der Waals surface area contributed by atoms with Crippen molar-refractivity contribution in [3.8, 4) is 18.2 Å². The quantitative estimate of drug-likeness (QED) is 0.739. The normalized spacial score (nSPS) is 20.4. The minimum absolute atomic E-state index is 0.00455. The van der Waals surface area contributed by atoms with E-state index < -0.39 is 0 Å². The summed E-state index contributed by atoms with van der Waals surface area (Å²) in [5.41, 5.74) is 0.135. The van der Waals surface area contributed by atoms with E-state index in [2.05, 4.69) is 26.4 Å². The highest BCUT2D eigenvalue weighted by Crippen LogP contribution is 2.36. The molecule has 0 aliphatic carbocycles. The lowest BCUT2D eigenvalue weighted by molar-refractivity contribution is 0.0950. The molecule has 1 aromatic rings. The first kappa shape index (κ1) is 16.4. The number of hydrogen-bond donors (Lipinski definition) is 1. The molecule has 0 aromatic carbocycles. The van der Waals surface area contributed by atoms with E-state index in [1.165, 1.54) is 0 Å². The van der Waals surface area contributed by atoms with Gasteiger partial charge in [0.1, 0.15) is 6.10 Å². The molecule has 1 fully saturated rings. The predicted molar refractivity (Wildman–Crippen MR) is 86.7 cm³/mol. The SMILES string of the molecule is C#CCCC1(CCNC(=O)c2ccnc(OC3CCOC3)c2)N=N1. The van der Waals surface area contributed by atoms with Crippen LogP contribution in [0.3, 0.4) is 0 Å². The summed E-state index contributed by atoms with van der Waals surface area (Å²) in [4.78, 5) is 16.4. The molecule has 0 radical (unpaired) electrons. The molecule has 1 saturated heterocycles. The van der Waals surface area contributed by atoms with Crippen LogP contribution in [-0.4, -0.2) is 42.4 Å². The largest absolute Gasteiger partial charge is 0.472 e. The Morgan fingerprint density at radius 2 is 2.38 bits per heavy atom. The van der Waals surface area contributed by atoms with Gasteiger partial charge in [-0.05, 0) is 6.07 Å². The van der Waals surface area contributed by atoms with Crippen LogP contribution in [0.5, 0.6) is 5.88 Å². The van der Waals surface area contributed by atoms with Crippen molar-refractivity contribution in [1.82, 2.24) is 10.3 Å². The van der Waals surface area contributed by atoms with Gasteiger partial charge < -0.3 is 14.8 Å². The zero-order valence-corrected chi connectivity index (χ0v) is 13.4. The highest BCUT2D eigenvalue weighted by molar-refractivity contribution is 5.94. The van der Waals surface area contributed by atoms with Crippen molar-refractivity contribution >= 4 is 5.91 Å². The maximum Gasteiger partial charge on any atom is 0.251 e. The average molecular weight is 328 g/mol. The highest BCUT2D eigenvalue weighted by Gasteiger charge is 2.38. The van der Waals surface area contributed by atoms with Crippen molar-refractivity contribution in [2.75, 3.05) is 19.8 Å². The maximum atomic E-state index is 12.2. The summed E-state index contributed by atoms with van der Waals surface area (Å²) < 4.78 is 11.0. The monoisotopic (exact) mass is 328 g/mol. The predicted octanol–water partition coefficient (Wildman–Crippen LogP) is 1.94. The van der Waals surface area contributed by atoms with E-state index in [0.29, 0.717) is 44.0 Å². The number of hydrogen-bond acceptors (Lipinski definition) is 6. The van der Waals surface area contributed by atoms with Crippen molar-refractivity contribution in [3.63, 3.8) is 0 Å². The molecule has 7 nitrogen and oxygen atoms in total. The van der Waals surface area contributed by atoms with E-state index in [4.69, 9.17) is 15.9 Å². The molecule has 1 amide bonds. The summed E-state index contributed by atoms with van der Waals surface area (Å²) in [5, 5.41) is 11.0. The molecule has 0 saturated carbocycles. The second kappa shape index (κ2) is 7.41. The fourth-order valence-corrected chi connectivity index (χ4v) is 2.54. The van der Waals surface area contributed by atoms with Crippen molar-refractivity contribution in [2.45, 2.75) is 37.5 Å². The lowest BCUT2D eigenvalue weighted by atomic mass is 10.0. The number of carbonyl (C=O) groups excluding carboxylic acids is 1. The molecule has 0 spiro atoms. The van der Waals surface area contributed by atoms with Crippen LogP contribution in [0.2, 0.25) is 0 Å². The molecule has 3 rings (SSSR count). The van der Waals surface area contributed by atoms with Gasteiger partial charge in [-0.25, -0.2) is 4.98 Å². The second-order valence-electron chi connectivity index (χ2n) is 5.88. The summed E-state index contributed by atoms with van der Waals surface area (Å²) in [5.74, 6) is 2.86. The Morgan fingerprint density at radius 1 is 1.50 bits per heavy atom. The van der Waals surface area contributed by atoms with E-state index in [1.807, 2.05) is 0 Å². The summed E-state index contributed by atoms with van der Waals surface area (Å²) in [6, 6.07) is 3.31. The standard InChI is InChI=1S/C17H20N4O3/c1-2-3-6-17(20-21-17)7-9-19-16(22)13-4-8-18-15(11-13)24-14-5-10-23-12-14/h1,4,8,11,14H,3,5-7,9-10,12H2,(H,19,22). The minimum Gasteiger partial charge on any atom is -0.472 e. The molecule has 2 aliphatic rings. The van der Waals surface area contributed by atoms with E-state index in [-0.39, 0.29) is 17.7 Å². The fourth-order valence-electron chi connectivity index (χ4n) is 2.54. The molecular formula is C17H20N4O3. The molecular weight excluding hydrogens is 308 g/mol. The average Bonchev–Trinajstić information content (AvgIpc) is 3.18. The fraction of sp³-hybridized carbons (Fsp3) is 0.529. The van der Waals surface area contributed by atoms with E-state index in [9.17, 15) is 4.79 Å². The molecule has 126 valence electrons. The van der Waals surface area contributed by atoms with Gasteiger partial charge >= 0.3 is 0 Å². The summed E-state index contributed by atoms with van der Waals surface area (Å²) in [6.45, 7) is 1.75. The minimum atomic E-state index is -0.380. The van der Waals surface area contributed by atoms with Crippen LogP contribution in [0.1, 0.15) is 36.0 Å². The van der Waals surface area contributed by atoms with Crippen molar-refractivity contribution in [1.29, 1.82) is 0 Å². The van der Waals surface area contributed by atoms with E-state index >= 15 is 0 Å². The number of aromatic nitrogens is 1. The summed E-state index contributed by atoms with van der Waals surface area (Å²) in [6.07, 6.45) is 9.70. The highest BCUT2D eigenvalue weighted by atomic mass is 16.5. The molecule has 1 aromatic heterocycles. The smallest absolute Gasteiger partial charge is 0.251 e. The van der Waals surface area contributed by atoms with Gasteiger partial charge in [-0.3, -0.25) is 4.79 Å². The third-order valence-electron chi connectivity index (χ3n) is 4.04. The van der Waals surface area contributed by atoms with Crippen molar-refractivity contribution in [3.05, 3.63) is 23.9 Å². The second-order valence-corrected chi connectivity index (χ2v) is 5.88. The molecule has 1 unspecified atom stereocenters. The Kier molecular flexibility index (Phi) is 5.06. The first-order chi connectivity index (χ1) is 11.7. The van der Waals surface area contributed by atoms with Crippen LogP contribution in [-0.2, 0) is 4.74 Å². The zero-order chi connectivity index (χ0) is 16.8. The number of terminal acetylenes is 1. The van der Waals surface area contributed by atoms with Crippen LogP contribution < -0.4 is 10.1 Å².